The van der Waals surface area contributed by atoms with Gasteiger partial charge in [0.2, 0.25) is 5.78 Å². The number of halogens is 1. The summed E-state index contributed by atoms with van der Waals surface area (Å²) < 4.78 is 22.7. The molecule has 2 aromatic carbocycles. The van der Waals surface area contributed by atoms with Crippen LogP contribution in [-0.2, 0) is 9.53 Å². The standard InChI is InChI=1S/C25H24BrNO7/c1-31-11-5-10-27-21(16-6-4-7-18(32-2)24(16)33-3)20(23(29)25(27)30)22(28)19-13-14-12-15(26)8-9-17(14)34-19/h4,6-9,12-13,21,29H,5,10-11H2,1-3H3. The third-order valence-corrected chi connectivity index (χ3v) is 6.22. The van der Waals surface area contributed by atoms with Gasteiger partial charge in [-0.15, -0.1) is 0 Å². The fraction of sp³-hybridized carbons (Fsp3) is 0.280. The smallest absolute Gasteiger partial charge is 0.290 e. The van der Waals surface area contributed by atoms with E-state index in [4.69, 9.17) is 18.6 Å². The topological polar surface area (TPSA) is 98.4 Å². The van der Waals surface area contributed by atoms with Crippen molar-refractivity contribution in [2.75, 3.05) is 34.5 Å². The number of hydrogen-bond donors (Lipinski definition) is 1. The van der Waals surface area contributed by atoms with Gasteiger partial charge in [0.25, 0.3) is 5.91 Å². The van der Waals surface area contributed by atoms with Crippen LogP contribution in [0, 0.1) is 0 Å². The van der Waals surface area contributed by atoms with Crippen molar-refractivity contribution in [1.82, 2.24) is 4.90 Å². The van der Waals surface area contributed by atoms with Crippen LogP contribution in [-0.4, -0.2) is 56.2 Å². The van der Waals surface area contributed by atoms with Crippen LogP contribution in [0.4, 0.5) is 0 Å². The highest BCUT2D eigenvalue weighted by Gasteiger charge is 2.45. The molecule has 0 spiro atoms. The number of benzene rings is 2. The maximum atomic E-state index is 13.7. The van der Waals surface area contributed by atoms with E-state index in [1.165, 1.54) is 19.1 Å². The number of Topliss-reactive ketones (excluding diaryl/α,β-unsaturated/α-hetero) is 1. The van der Waals surface area contributed by atoms with Crippen molar-refractivity contribution in [3.05, 3.63) is 69.6 Å². The number of carbonyl (C=O) groups is 2. The maximum Gasteiger partial charge on any atom is 0.290 e. The number of furan rings is 1. The van der Waals surface area contributed by atoms with E-state index in [2.05, 4.69) is 15.9 Å². The van der Waals surface area contributed by atoms with Gasteiger partial charge < -0.3 is 28.6 Å². The van der Waals surface area contributed by atoms with Crippen LogP contribution < -0.4 is 9.47 Å². The quantitative estimate of drug-likeness (QED) is 0.313. The number of ether oxygens (including phenoxy) is 3. The van der Waals surface area contributed by atoms with Crippen molar-refractivity contribution in [1.29, 1.82) is 0 Å². The Morgan fingerprint density at radius 2 is 1.94 bits per heavy atom. The molecule has 1 amide bonds. The Hall–Kier alpha value is -3.30. The normalized spacial score (nSPS) is 15.9. The van der Waals surface area contributed by atoms with Gasteiger partial charge in [0.05, 0.1) is 25.8 Å². The second kappa shape index (κ2) is 9.90. The zero-order chi connectivity index (χ0) is 24.4. The van der Waals surface area contributed by atoms with E-state index >= 15 is 0 Å². The van der Waals surface area contributed by atoms with Gasteiger partial charge in [-0.3, -0.25) is 9.59 Å². The van der Waals surface area contributed by atoms with Crippen molar-refractivity contribution in [2.24, 2.45) is 0 Å². The number of aliphatic hydroxyl groups is 1. The van der Waals surface area contributed by atoms with E-state index in [-0.39, 0.29) is 17.9 Å². The largest absolute Gasteiger partial charge is 0.503 e. The van der Waals surface area contributed by atoms with Gasteiger partial charge in [-0.25, -0.2) is 0 Å². The molecule has 1 atom stereocenters. The SMILES string of the molecule is COCCCN1C(=O)C(O)=C(C(=O)c2cc3cc(Br)ccc3o2)C1c1cccc(OC)c1OC. The fourth-order valence-corrected chi connectivity index (χ4v) is 4.58. The van der Waals surface area contributed by atoms with Crippen LogP contribution in [0.15, 0.2) is 62.7 Å². The molecule has 3 aromatic rings. The highest BCUT2D eigenvalue weighted by molar-refractivity contribution is 9.10. The van der Waals surface area contributed by atoms with Crippen molar-refractivity contribution in [3.8, 4) is 11.5 Å². The molecular formula is C25H24BrNO7. The Labute approximate surface area is 204 Å². The molecule has 8 nitrogen and oxygen atoms in total. The number of para-hydroxylation sites is 1. The molecule has 0 bridgehead atoms. The molecule has 1 N–H and O–H groups in total. The molecule has 0 aliphatic carbocycles. The Morgan fingerprint density at radius 1 is 1.15 bits per heavy atom. The lowest BCUT2D eigenvalue weighted by Gasteiger charge is -2.28. The first-order valence-corrected chi connectivity index (χ1v) is 11.4. The Bertz CT molecular complexity index is 1280. The number of amides is 1. The predicted molar refractivity (Wildman–Crippen MR) is 128 cm³/mol. The number of methoxy groups -OCH3 is 3. The summed E-state index contributed by atoms with van der Waals surface area (Å²) in [7, 11) is 4.55. The number of hydrogen-bond acceptors (Lipinski definition) is 7. The summed E-state index contributed by atoms with van der Waals surface area (Å²) in [5.41, 5.74) is 0.953. The molecule has 1 aliphatic rings. The van der Waals surface area contributed by atoms with Gasteiger partial charge >= 0.3 is 0 Å². The van der Waals surface area contributed by atoms with E-state index in [0.29, 0.717) is 35.7 Å². The van der Waals surface area contributed by atoms with Crippen molar-refractivity contribution in [2.45, 2.75) is 12.5 Å². The molecule has 1 aromatic heterocycles. The zero-order valence-corrected chi connectivity index (χ0v) is 20.5. The maximum absolute atomic E-state index is 13.7. The van der Waals surface area contributed by atoms with Crippen LogP contribution >= 0.6 is 15.9 Å². The summed E-state index contributed by atoms with van der Waals surface area (Å²) in [6, 6.07) is 11.3. The average molecular weight is 530 g/mol. The molecule has 0 radical (unpaired) electrons. The lowest BCUT2D eigenvalue weighted by Crippen LogP contribution is -2.32. The van der Waals surface area contributed by atoms with E-state index in [9.17, 15) is 14.7 Å². The summed E-state index contributed by atoms with van der Waals surface area (Å²) in [6.07, 6.45) is 0.512. The molecule has 1 unspecified atom stereocenters. The number of fused-ring (bicyclic) bond motifs is 1. The van der Waals surface area contributed by atoms with Crippen LogP contribution in [0.25, 0.3) is 11.0 Å². The Morgan fingerprint density at radius 3 is 2.65 bits per heavy atom. The van der Waals surface area contributed by atoms with E-state index < -0.39 is 23.5 Å². The monoisotopic (exact) mass is 529 g/mol. The Balaban J connectivity index is 1.84. The van der Waals surface area contributed by atoms with E-state index in [1.807, 2.05) is 6.07 Å². The van der Waals surface area contributed by atoms with Crippen LogP contribution in [0.5, 0.6) is 11.5 Å². The number of nitrogens with zero attached hydrogens (tertiary/aromatic N) is 1. The minimum absolute atomic E-state index is 0.0213. The lowest BCUT2D eigenvalue weighted by molar-refractivity contribution is -0.129. The van der Waals surface area contributed by atoms with Gasteiger partial charge in [-0.2, -0.15) is 0 Å². The van der Waals surface area contributed by atoms with Crippen LogP contribution in [0.1, 0.15) is 28.6 Å². The highest BCUT2D eigenvalue weighted by atomic mass is 79.9. The third kappa shape index (κ3) is 4.17. The van der Waals surface area contributed by atoms with Gasteiger partial charge in [0.15, 0.2) is 23.0 Å². The molecule has 1 aliphatic heterocycles. The summed E-state index contributed by atoms with van der Waals surface area (Å²) in [5, 5.41) is 11.6. The van der Waals surface area contributed by atoms with Crippen LogP contribution in [0.2, 0.25) is 0 Å². The summed E-state index contributed by atoms with van der Waals surface area (Å²) >= 11 is 3.41. The summed E-state index contributed by atoms with van der Waals surface area (Å²) in [6.45, 7) is 0.667. The van der Waals surface area contributed by atoms with E-state index in [0.717, 1.165) is 9.86 Å². The second-order valence-electron chi connectivity index (χ2n) is 7.71. The van der Waals surface area contributed by atoms with Gasteiger partial charge in [0.1, 0.15) is 5.58 Å². The van der Waals surface area contributed by atoms with Crippen molar-refractivity contribution in [3.63, 3.8) is 0 Å². The van der Waals surface area contributed by atoms with Gasteiger partial charge in [-0.1, -0.05) is 28.1 Å². The third-order valence-electron chi connectivity index (χ3n) is 5.73. The zero-order valence-electron chi connectivity index (χ0n) is 19.0. The first-order valence-electron chi connectivity index (χ1n) is 10.6. The van der Waals surface area contributed by atoms with Gasteiger partial charge in [0, 0.05) is 35.7 Å². The number of rotatable bonds is 9. The lowest BCUT2D eigenvalue weighted by atomic mass is 9.94. The number of carbonyl (C=O) groups excluding carboxylic acids is 2. The first-order chi connectivity index (χ1) is 16.4. The number of aliphatic hydroxyl groups excluding tert-OH is 1. The van der Waals surface area contributed by atoms with Gasteiger partial charge in [-0.05, 0) is 36.8 Å². The predicted octanol–water partition coefficient (Wildman–Crippen LogP) is 4.83. The number of ketones is 1. The molecule has 0 fully saturated rings. The second-order valence-corrected chi connectivity index (χ2v) is 8.63. The molecule has 4 rings (SSSR count). The first kappa shape index (κ1) is 23.8. The van der Waals surface area contributed by atoms with Crippen molar-refractivity contribution >= 4 is 38.6 Å². The Kier molecular flexibility index (Phi) is 6.95. The molecule has 0 saturated carbocycles. The minimum atomic E-state index is -0.901. The molecule has 0 saturated heterocycles. The fourth-order valence-electron chi connectivity index (χ4n) is 4.20. The molecule has 2 heterocycles. The molecular weight excluding hydrogens is 506 g/mol. The summed E-state index contributed by atoms with van der Waals surface area (Å²) in [5.74, 6) is -1.01. The molecule has 34 heavy (non-hydrogen) atoms. The minimum Gasteiger partial charge on any atom is -0.503 e. The van der Waals surface area contributed by atoms with Crippen molar-refractivity contribution < 1.29 is 33.3 Å². The van der Waals surface area contributed by atoms with Crippen LogP contribution in [0.3, 0.4) is 0 Å². The summed E-state index contributed by atoms with van der Waals surface area (Å²) in [4.78, 5) is 28.2. The van der Waals surface area contributed by atoms with E-state index in [1.54, 1.807) is 43.5 Å². The molecule has 9 heteroatoms. The average Bonchev–Trinajstić information content (AvgIpc) is 3.37. The highest BCUT2D eigenvalue weighted by Crippen LogP contribution is 2.45. The molecule has 178 valence electrons.